The van der Waals surface area contributed by atoms with E-state index < -0.39 is 11.0 Å². The highest BCUT2D eigenvalue weighted by Crippen LogP contribution is 2.23. The number of carbonyl (C=O) groups is 1. The largest absolute Gasteiger partial charge is 0.379 e. The summed E-state index contributed by atoms with van der Waals surface area (Å²) in [7, 11) is 0. The molecule has 0 atom stereocenters. The third kappa shape index (κ3) is 4.64. The molecule has 0 unspecified atom stereocenters. The van der Waals surface area contributed by atoms with Gasteiger partial charge in [-0.15, -0.1) is 0 Å². The molecule has 0 bridgehead atoms. The monoisotopic (exact) mass is 322 g/mol. The second kappa shape index (κ2) is 7.38. The molecule has 2 rings (SSSR count). The van der Waals surface area contributed by atoms with Crippen LogP contribution < -0.4 is 10.6 Å². The van der Waals surface area contributed by atoms with Crippen LogP contribution in [-0.4, -0.2) is 54.2 Å². The Morgan fingerprint density at radius 2 is 2.00 bits per heavy atom. The lowest BCUT2D eigenvalue weighted by molar-refractivity contribution is -0.383. The summed E-state index contributed by atoms with van der Waals surface area (Å²) in [5.41, 5.74) is -0.168. The fourth-order valence-electron chi connectivity index (χ4n) is 2.48. The van der Waals surface area contributed by atoms with Gasteiger partial charge in [0.05, 0.1) is 18.1 Å². The predicted molar refractivity (Wildman–Crippen MR) is 86.6 cm³/mol. The number of hydrogen-bond donors (Lipinski definition) is 2. The minimum absolute atomic E-state index is 0.130. The molecule has 2 amide bonds. The molecule has 0 radical (unpaired) electrons. The molecular formula is C15H22N4O4. The summed E-state index contributed by atoms with van der Waals surface area (Å²) in [6.07, 6.45) is 0. The molecule has 8 heteroatoms. The summed E-state index contributed by atoms with van der Waals surface area (Å²) in [6, 6.07) is 5.60. The number of hydrogen-bond acceptors (Lipinski definition) is 5. The number of urea groups is 1. The van der Waals surface area contributed by atoms with Crippen molar-refractivity contribution in [3.8, 4) is 0 Å². The molecule has 1 fully saturated rings. The number of anilines is 1. The fourth-order valence-corrected chi connectivity index (χ4v) is 2.48. The second-order valence-corrected chi connectivity index (χ2v) is 5.99. The molecule has 1 aliphatic rings. The lowest BCUT2D eigenvalue weighted by atomic mass is 10.0. The molecule has 126 valence electrons. The normalized spacial score (nSPS) is 15.9. The molecule has 1 heterocycles. The average molecular weight is 322 g/mol. The molecule has 1 saturated heterocycles. The van der Waals surface area contributed by atoms with Crippen LogP contribution in [0.3, 0.4) is 0 Å². The van der Waals surface area contributed by atoms with E-state index in [1.165, 1.54) is 12.1 Å². The van der Waals surface area contributed by atoms with E-state index in [4.69, 9.17) is 4.74 Å². The zero-order chi connectivity index (χ0) is 16.9. The van der Waals surface area contributed by atoms with Crippen LogP contribution in [0, 0.1) is 10.1 Å². The SMILES string of the molecule is CC(C)(CNC(=O)Nc1ccccc1[N+](=O)[O-])N1CCOCC1. The Hall–Kier alpha value is -2.19. The average Bonchev–Trinajstić information content (AvgIpc) is 2.54. The predicted octanol–water partition coefficient (Wildman–Crippen LogP) is 1.83. The lowest BCUT2D eigenvalue weighted by Crippen LogP contribution is -2.55. The Morgan fingerprint density at radius 1 is 1.35 bits per heavy atom. The molecule has 8 nitrogen and oxygen atoms in total. The van der Waals surface area contributed by atoms with Crippen molar-refractivity contribution in [1.29, 1.82) is 0 Å². The zero-order valence-electron chi connectivity index (χ0n) is 13.4. The first-order chi connectivity index (χ1) is 10.9. The van der Waals surface area contributed by atoms with E-state index in [-0.39, 0.29) is 16.9 Å². The van der Waals surface area contributed by atoms with E-state index in [1.807, 2.05) is 13.8 Å². The maximum absolute atomic E-state index is 12.0. The van der Waals surface area contributed by atoms with E-state index in [1.54, 1.807) is 12.1 Å². The van der Waals surface area contributed by atoms with Crippen molar-refractivity contribution in [2.24, 2.45) is 0 Å². The van der Waals surface area contributed by atoms with Crippen molar-refractivity contribution in [1.82, 2.24) is 10.2 Å². The first-order valence-electron chi connectivity index (χ1n) is 7.51. The van der Waals surface area contributed by atoms with Crippen molar-refractivity contribution in [2.75, 3.05) is 38.2 Å². The standard InChI is InChI=1S/C15H22N4O4/c1-15(2,18-7-9-23-10-8-18)11-16-14(20)17-12-5-3-4-6-13(12)19(21)22/h3-6H,7-11H2,1-2H3,(H2,16,17,20). The molecule has 0 aromatic heterocycles. The van der Waals surface area contributed by atoms with E-state index in [2.05, 4.69) is 15.5 Å². The van der Waals surface area contributed by atoms with Crippen molar-refractivity contribution < 1.29 is 14.5 Å². The van der Waals surface area contributed by atoms with E-state index >= 15 is 0 Å². The maximum Gasteiger partial charge on any atom is 0.319 e. The van der Waals surface area contributed by atoms with Crippen LogP contribution in [0.25, 0.3) is 0 Å². The van der Waals surface area contributed by atoms with E-state index in [0.29, 0.717) is 19.8 Å². The molecular weight excluding hydrogens is 300 g/mol. The number of para-hydroxylation sites is 2. The molecule has 1 aromatic carbocycles. The van der Waals surface area contributed by atoms with Crippen LogP contribution in [0.1, 0.15) is 13.8 Å². The summed E-state index contributed by atoms with van der Waals surface area (Å²) < 4.78 is 5.33. The van der Waals surface area contributed by atoms with Crippen molar-refractivity contribution in [3.63, 3.8) is 0 Å². The Kier molecular flexibility index (Phi) is 5.51. The third-order valence-electron chi connectivity index (χ3n) is 3.90. The van der Waals surface area contributed by atoms with Gasteiger partial charge in [0.2, 0.25) is 0 Å². The number of nitrogens with one attached hydrogen (secondary N) is 2. The van der Waals surface area contributed by atoms with Gasteiger partial charge >= 0.3 is 6.03 Å². The number of nitro groups is 1. The number of benzene rings is 1. The van der Waals surface area contributed by atoms with Gasteiger partial charge in [0.15, 0.2) is 0 Å². The highest BCUT2D eigenvalue weighted by atomic mass is 16.6. The first-order valence-corrected chi connectivity index (χ1v) is 7.51. The Labute approximate surface area is 134 Å². The highest BCUT2D eigenvalue weighted by molar-refractivity contribution is 5.91. The van der Waals surface area contributed by atoms with Gasteiger partial charge in [-0.25, -0.2) is 4.79 Å². The third-order valence-corrected chi connectivity index (χ3v) is 3.90. The van der Waals surface area contributed by atoms with Crippen LogP contribution >= 0.6 is 0 Å². The smallest absolute Gasteiger partial charge is 0.319 e. The van der Waals surface area contributed by atoms with Crippen molar-refractivity contribution in [3.05, 3.63) is 34.4 Å². The molecule has 1 aliphatic heterocycles. The number of carbonyl (C=O) groups excluding carboxylic acids is 1. The van der Waals surface area contributed by atoms with Gasteiger partial charge in [-0.1, -0.05) is 12.1 Å². The molecule has 0 aliphatic carbocycles. The summed E-state index contributed by atoms with van der Waals surface area (Å²) in [5.74, 6) is 0. The minimum atomic E-state index is -0.521. The highest BCUT2D eigenvalue weighted by Gasteiger charge is 2.28. The van der Waals surface area contributed by atoms with Gasteiger partial charge in [0, 0.05) is 31.2 Å². The fraction of sp³-hybridized carbons (Fsp3) is 0.533. The number of rotatable bonds is 5. The van der Waals surface area contributed by atoms with Gasteiger partial charge in [-0.3, -0.25) is 15.0 Å². The van der Waals surface area contributed by atoms with Crippen LogP contribution in [0.5, 0.6) is 0 Å². The van der Waals surface area contributed by atoms with Gasteiger partial charge in [-0.05, 0) is 19.9 Å². The molecule has 23 heavy (non-hydrogen) atoms. The Bertz CT molecular complexity index is 570. The van der Waals surface area contributed by atoms with Crippen LogP contribution in [0.4, 0.5) is 16.2 Å². The number of nitro benzene ring substituents is 1. The number of nitrogens with zero attached hydrogens (tertiary/aromatic N) is 2. The van der Waals surface area contributed by atoms with Gasteiger partial charge in [-0.2, -0.15) is 0 Å². The molecule has 0 saturated carbocycles. The number of ether oxygens (including phenoxy) is 1. The first kappa shape index (κ1) is 17.2. The summed E-state index contributed by atoms with van der Waals surface area (Å²) in [4.78, 5) is 24.7. The van der Waals surface area contributed by atoms with E-state index in [0.717, 1.165) is 13.1 Å². The zero-order valence-corrected chi connectivity index (χ0v) is 13.4. The Balaban J connectivity index is 1.91. The second-order valence-electron chi connectivity index (χ2n) is 5.99. The Morgan fingerprint density at radius 3 is 2.65 bits per heavy atom. The van der Waals surface area contributed by atoms with Gasteiger partial charge < -0.3 is 15.4 Å². The summed E-state index contributed by atoms with van der Waals surface area (Å²) in [5, 5.41) is 16.3. The van der Waals surface area contributed by atoms with Gasteiger partial charge in [0.25, 0.3) is 5.69 Å². The molecule has 1 aromatic rings. The minimum Gasteiger partial charge on any atom is -0.379 e. The van der Waals surface area contributed by atoms with Crippen molar-refractivity contribution >= 4 is 17.4 Å². The summed E-state index contributed by atoms with van der Waals surface area (Å²) in [6.45, 7) is 7.53. The number of morpholine rings is 1. The van der Waals surface area contributed by atoms with E-state index in [9.17, 15) is 14.9 Å². The van der Waals surface area contributed by atoms with Crippen LogP contribution in [0.2, 0.25) is 0 Å². The number of amides is 2. The van der Waals surface area contributed by atoms with Crippen molar-refractivity contribution in [2.45, 2.75) is 19.4 Å². The lowest BCUT2D eigenvalue weighted by Gasteiger charge is -2.40. The van der Waals surface area contributed by atoms with Crippen LogP contribution in [0.15, 0.2) is 24.3 Å². The summed E-state index contributed by atoms with van der Waals surface area (Å²) >= 11 is 0. The maximum atomic E-state index is 12.0. The van der Waals surface area contributed by atoms with Crippen LogP contribution in [-0.2, 0) is 4.74 Å². The van der Waals surface area contributed by atoms with Gasteiger partial charge in [0.1, 0.15) is 5.69 Å². The molecule has 2 N–H and O–H groups in total. The topological polar surface area (TPSA) is 96.7 Å². The quantitative estimate of drug-likeness (QED) is 0.637. The molecule has 0 spiro atoms.